The van der Waals surface area contributed by atoms with E-state index in [-0.39, 0.29) is 23.1 Å². The third-order valence-corrected chi connectivity index (χ3v) is 3.93. The van der Waals surface area contributed by atoms with Crippen molar-refractivity contribution in [1.29, 1.82) is 0 Å². The molecule has 3 rings (SSSR count). The zero-order valence-corrected chi connectivity index (χ0v) is 15.2. The smallest absolute Gasteiger partial charge is 0.259 e. The van der Waals surface area contributed by atoms with Crippen molar-refractivity contribution in [3.8, 4) is 11.5 Å². The molecular formula is C18H16ClFN4O3. The predicted molar refractivity (Wildman–Crippen MR) is 98.0 cm³/mol. The number of benzene rings is 1. The highest BCUT2D eigenvalue weighted by molar-refractivity contribution is 6.30. The van der Waals surface area contributed by atoms with Crippen LogP contribution in [-0.4, -0.2) is 20.6 Å². The summed E-state index contributed by atoms with van der Waals surface area (Å²) in [4.78, 5) is 28.5. The van der Waals surface area contributed by atoms with Crippen LogP contribution in [0.15, 0.2) is 45.8 Å². The number of carbonyl (C=O) groups excluding carboxylic acids is 1. The molecule has 140 valence electrons. The first-order chi connectivity index (χ1) is 13.0. The molecule has 0 saturated heterocycles. The molecule has 1 aromatic carbocycles. The van der Waals surface area contributed by atoms with Gasteiger partial charge in [-0.1, -0.05) is 23.7 Å². The molecular weight excluding hydrogens is 375 g/mol. The second-order valence-electron chi connectivity index (χ2n) is 5.82. The molecule has 0 atom stereocenters. The van der Waals surface area contributed by atoms with Crippen LogP contribution in [0, 0.1) is 5.82 Å². The summed E-state index contributed by atoms with van der Waals surface area (Å²) < 4.78 is 20.2. The predicted octanol–water partition coefficient (Wildman–Crippen LogP) is 3.28. The maximum Gasteiger partial charge on any atom is 0.259 e. The first-order valence-electron chi connectivity index (χ1n) is 8.24. The number of aromatic nitrogens is 3. The third-order valence-electron chi connectivity index (χ3n) is 3.69. The number of carbonyl (C=O) groups is 1. The molecule has 2 aromatic heterocycles. The summed E-state index contributed by atoms with van der Waals surface area (Å²) in [6.07, 6.45) is 3.00. The van der Waals surface area contributed by atoms with Crippen molar-refractivity contribution < 1.29 is 13.7 Å². The molecule has 0 aliphatic rings. The van der Waals surface area contributed by atoms with E-state index in [0.717, 1.165) is 12.5 Å². The van der Waals surface area contributed by atoms with Gasteiger partial charge in [-0.15, -0.1) is 0 Å². The van der Waals surface area contributed by atoms with E-state index in [1.165, 1.54) is 29.0 Å². The Labute approximate surface area is 158 Å². The lowest BCUT2D eigenvalue weighted by Crippen LogP contribution is -2.27. The van der Waals surface area contributed by atoms with E-state index in [1.807, 2.05) is 6.92 Å². The summed E-state index contributed by atoms with van der Waals surface area (Å²) in [7, 11) is 0. The zero-order valence-electron chi connectivity index (χ0n) is 14.4. The second kappa shape index (κ2) is 8.13. The van der Waals surface area contributed by atoms with Gasteiger partial charge in [0.15, 0.2) is 5.82 Å². The number of pyridine rings is 1. The van der Waals surface area contributed by atoms with Gasteiger partial charge in [0.2, 0.25) is 5.91 Å². The Morgan fingerprint density at radius 1 is 1.33 bits per heavy atom. The molecule has 1 N–H and O–H groups in total. The van der Waals surface area contributed by atoms with E-state index in [9.17, 15) is 14.0 Å². The summed E-state index contributed by atoms with van der Waals surface area (Å²) in [5.74, 6) is -0.392. The van der Waals surface area contributed by atoms with Crippen molar-refractivity contribution >= 4 is 23.2 Å². The van der Waals surface area contributed by atoms with Crippen LogP contribution in [0.3, 0.4) is 0 Å². The van der Waals surface area contributed by atoms with Crippen LogP contribution in [0.2, 0.25) is 5.02 Å². The van der Waals surface area contributed by atoms with Crippen LogP contribution in [0.4, 0.5) is 10.1 Å². The van der Waals surface area contributed by atoms with Crippen molar-refractivity contribution in [2.24, 2.45) is 0 Å². The number of rotatable bonds is 6. The minimum absolute atomic E-state index is 0.0188. The highest BCUT2D eigenvalue weighted by atomic mass is 35.5. The van der Waals surface area contributed by atoms with Gasteiger partial charge < -0.3 is 14.4 Å². The van der Waals surface area contributed by atoms with Gasteiger partial charge in [-0.3, -0.25) is 9.59 Å². The van der Waals surface area contributed by atoms with E-state index >= 15 is 0 Å². The monoisotopic (exact) mass is 390 g/mol. The van der Waals surface area contributed by atoms with Gasteiger partial charge in [0.05, 0.1) is 11.3 Å². The van der Waals surface area contributed by atoms with E-state index in [0.29, 0.717) is 17.8 Å². The number of hydrogen-bond acceptors (Lipinski definition) is 5. The van der Waals surface area contributed by atoms with Crippen molar-refractivity contribution in [2.75, 3.05) is 5.32 Å². The SMILES string of the molecule is CCCc1noc(-c2ccc(=O)n(CC(=O)Nc3ccc(Cl)cc3F)c2)n1. The molecule has 0 spiro atoms. The second-order valence-corrected chi connectivity index (χ2v) is 6.26. The van der Waals surface area contributed by atoms with Gasteiger partial charge in [-0.25, -0.2) is 4.39 Å². The van der Waals surface area contributed by atoms with Crippen molar-refractivity contribution in [1.82, 2.24) is 14.7 Å². The fourth-order valence-corrected chi connectivity index (χ4v) is 2.57. The number of amides is 1. The Kier molecular flexibility index (Phi) is 5.66. The number of halogens is 2. The van der Waals surface area contributed by atoms with Crippen LogP contribution in [0.5, 0.6) is 0 Å². The van der Waals surface area contributed by atoms with E-state index in [4.69, 9.17) is 16.1 Å². The lowest BCUT2D eigenvalue weighted by Gasteiger charge is -2.09. The molecule has 3 aromatic rings. The molecule has 0 fully saturated rings. The molecule has 0 bridgehead atoms. The molecule has 0 unspecified atom stereocenters. The quantitative estimate of drug-likeness (QED) is 0.697. The van der Waals surface area contributed by atoms with Gasteiger partial charge in [0, 0.05) is 23.7 Å². The highest BCUT2D eigenvalue weighted by Crippen LogP contribution is 2.19. The fourth-order valence-electron chi connectivity index (χ4n) is 2.41. The van der Waals surface area contributed by atoms with Gasteiger partial charge in [-0.2, -0.15) is 4.98 Å². The molecule has 1 amide bonds. The third kappa shape index (κ3) is 4.59. The van der Waals surface area contributed by atoms with Crippen LogP contribution in [-0.2, 0) is 17.8 Å². The van der Waals surface area contributed by atoms with E-state index in [2.05, 4.69) is 15.5 Å². The minimum atomic E-state index is -0.661. The van der Waals surface area contributed by atoms with Gasteiger partial charge >= 0.3 is 0 Å². The Morgan fingerprint density at radius 2 is 2.15 bits per heavy atom. The molecule has 0 aliphatic heterocycles. The average Bonchev–Trinajstić information content (AvgIpc) is 3.08. The van der Waals surface area contributed by atoms with Crippen molar-refractivity contribution in [3.05, 3.63) is 63.5 Å². The average molecular weight is 391 g/mol. The molecule has 0 saturated carbocycles. The van der Waals surface area contributed by atoms with Crippen LogP contribution in [0.25, 0.3) is 11.5 Å². The Bertz CT molecular complexity index is 1030. The topological polar surface area (TPSA) is 90.0 Å². The maximum atomic E-state index is 13.8. The first-order valence-corrected chi connectivity index (χ1v) is 8.62. The van der Waals surface area contributed by atoms with Crippen LogP contribution in [0.1, 0.15) is 19.2 Å². The van der Waals surface area contributed by atoms with Gasteiger partial charge in [0.25, 0.3) is 11.4 Å². The summed E-state index contributed by atoms with van der Waals surface area (Å²) >= 11 is 5.68. The van der Waals surface area contributed by atoms with Gasteiger partial charge in [-0.05, 0) is 30.7 Å². The fraction of sp³-hybridized carbons (Fsp3) is 0.222. The minimum Gasteiger partial charge on any atom is -0.334 e. The van der Waals surface area contributed by atoms with Gasteiger partial charge in [0.1, 0.15) is 12.4 Å². The zero-order chi connectivity index (χ0) is 19.4. The number of aryl methyl sites for hydroxylation is 1. The largest absolute Gasteiger partial charge is 0.334 e. The number of anilines is 1. The lowest BCUT2D eigenvalue weighted by molar-refractivity contribution is -0.116. The van der Waals surface area contributed by atoms with E-state index in [1.54, 1.807) is 6.07 Å². The van der Waals surface area contributed by atoms with Crippen LogP contribution < -0.4 is 10.9 Å². The summed E-state index contributed by atoms with van der Waals surface area (Å²) in [5, 5.41) is 6.49. The normalized spacial score (nSPS) is 10.8. The molecule has 0 aliphatic carbocycles. The molecule has 7 nitrogen and oxygen atoms in total. The summed E-state index contributed by atoms with van der Waals surface area (Å²) in [5.41, 5.74) is 0.100. The van der Waals surface area contributed by atoms with Crippen molar-refractivity contribution in [2.45, 2.75) is 26.3 Å². The maximum absolute atomic E-state index is 13.8. The van der Waals surface area contributed by atoms with E-state index < -0.39 is 17.3 Å². The Balaban J connectivity index is 1.77. The molecule has 2 heterocycles. The number of nitrogens with zero attached hydrogens (tertiary/aromatic N) is 3. The standard InChI is InChI=1S/C18H16ClFN4O3/c1-2-3-15-22-18(27-23-15)11-4-7-17(26)24(9-11)10-16(25)21-14-6-5-12(19)8-13(14)20/h4-9H,2-3,10H2,1H3,(H,21,25). The summed E-state index contributed by atoms with van der Waals surface area (Å²) in [6.45, 7) is 1.70. The molecule has 27 heavy (non-hydrogen) atoms. The number of hydrogen-bond donors (Lipinski definition) is 1. The summed E-state index contributed by atoms with van der Waals surface area (Å²) in [6, 6.07) is 6.74. The van der Waals surface area contributed by atoms with Crippen molar-refractivity contribution in [3.63, 3.8) is 0 Å². The first kappa shape index (κ1) is 18.8. The lowest BCUT2D eigenvalue weighted by atomic mass is 10.2. The molecule has 9 heteroatoms. The number of nitrogens with one attached hydrogen (secondary N) is 1. The molecule has 0 radical (unpaired) electrons. The van der Waals surface area contributed by atoms with Crippen LogP contribution >= 0.6 is 11.6 Å². The Hall–Kier alpha value is -3.00. The highest BCUT2D eigenvalue weighted by Gasteiger charge is 2.13. The Morgan fingerprint density at radius 3 is 2.89 bits per heavy atom.